The van der Waals surface area contributed by atoms with Gasteiger partial charge in [0.05, 0.1) is 27.2 Å². The number of halogens is 1. The number of carboxylic acid groups (broad SMARTS) is 1. The number of aromatic carboxylic acids is 1. The average Bonchev–Trinajstić information content (AvgIpc) is 3.27. The summed E-state index contributed by atoms with van der Waals surface area (Å²) in [5.41, 5.74) is 1.83. The predicted molar refractivity (Wildman–Crippen MR) is 167 cm³/mol. The number of methoxy groups -OCH3 is 1. The monoisotopic (exact) mass is 674 g/mol. The number of aliphatic imine (C=N–C) groups is 1. The van der Waals surface area contributed by atoms with Gasteiger partial charge in [-0.25, -0.2) is 4.79 Å². The molecule has 0 spiro atoms. The van der Waals surface area contributed by atoms with E-state index in [1.807, 2.05) is 29.2 Å². The molecular weight excluding hydrogens is 639 g/mol. The molecule has 2 aromatic rings. The van der Waals surface area contributed by atoms with Crippen LogP contribution in [0.1, 0.15) is 85.7 Å². The third-order valence-electron chi connectivity index (χ3n) is 7.75. The number of benzene rings is 2. The van der Waals surface area contributed by atoms with Crippen molar-refractivity contribution in [3.8, 4) is 11.5 Å². The molecule has 1 saturated heterocycles. The number of hydrogen-bond donors (Lipinski definition) is 1. The molecule has 1 aliphatic heterocycles. The van der Waals surface area contributed by atoms with E-state index in [1.165, 1.54) is 37.4 Å². The summed E-state index contributed by atoms with van der Waals surface area (Å²) in [6, 6.07) is 11.1. The van der Waals surface area contributed by atoms with E-state index in [-0.39, 0.29) is 24.1 Å². The Balaban J connectivity index is 1.39. The minimum atomic E-state index is -0.972. The van der Waals surface area contributed by atoms with E-state index in [1.54, 1.807) is 25.3 Å². The highest BCUT2D eigenvalue weighted by Crippen LogP contribution is 2.40. The van der Waals surface area contributed by atoms with Gasteiger partial charge in [0, 0.05) is 6.04 Å². The molecule has 1 amide bonds. The molecule has 0 radical (unpaired) electrons. The van der Waals surface area contributed by atoms with Crippen LogP contribution in [0.4, 0.5) is 0 Å². The fourth-order valence-electron chi connectivity index (χ4n) is 5.67. The van der Waals surface area contributed by atoms with Gasteiger partial charge in [0.1, 0.15) is 6.61 Å². The summed E-state index contributed by atoms with van der Waals surface area (Å²) in [5.74, 6) is 0.224. The number of nitrogens with zero attached hydrogens (tertiary/aromatic N) is 2. The number of thioether (sulfide) groups is 1. The molecule has 1 heterocycles. The minimum absolute atomic E-state index is 0.0547. The van der Waals surface area contributed by atoms with Crippen LogP contribution >= 0.6 is 34.4 Å². The van der Waals surface area contributed by atoms with E-state index in [0.717, 1.165) is 58.4 Å². The fraction of sp³-hybridized carbons (Fsp3) is 0.452. The first-order valence-electron chi connectivity index (χ1n) is 14.1. The Hall–Kier alpha value is -2.53. The lowest BCUT2D eigenvalue weighted by Gasteiger charge is -2.31. The second kappa shape index (κ2) is 13.4. The highest BCUT2D eigenvalue weighted by molar-refractivity contribution is 14.1. The molecule has 9 heteroatoms. The Morgan fingerprint density at radius 1 is 1.10 bits per heavy atom. The fourth-order valence-corrected chi connectivity index (χ4v) is 7.56. The molecule has 0 unspecified atom stereocenters. The number of amides is 1. The van der Waals surface area contributed by atoms with E-state index < -0.39 is 5.97 Å². The SMILES string of the molecule is COc1cc(C=C2SC(=NC3CCCCC3)N(C3CCCCC3)C2=O)cc(I)c1OCc1cccc(C(=O)O)c1. The zero-order chi connectivity index (χ0) is 28.1. The molecule has 2 aromatic carbocycles. The highest BCUT2D eigenvalue weighted by atomic mass is 127. The van der Waals surface area contributed by atoms with Crippen LogP contribution in [0.15, 0.2) is 46.3 Å². The molecule has 5 rings (SSSR count). The Bertz CT molecular complexity index is 1310. The maximum absolute atomic E-state index is 13.8. The van der Waals surface area contributed by atoms with Crippen molar-refractivity contribution in [3.05, 3.63) is 61.6 Å². The minimum Gasteiger partial charge on any atom is -0.493 e. The number of amidine groups is 1. The number of carbonyl (C=O) groups excluding carboxylic acids is 1. The third-order valence-corrected chi connectivity index (χ3v) is 9.55. The van der Waals surface area contributed by atoms with Gasteiger partial charge in [0.25, 0.3) is 5.91 Å². The largest absolute Gasteiger partial charge is 0.493 e. The Kier molecular flexibility index (Phi) is 9.72. The van der Waals surface area contributed by atoms with E-state index in [2.05, 4.69) is 22.6 Å². The molecular formula is C31H35IN2O5S. The number of rotatable bonds is 8. The average molecular weight is 675 g/mol. The lowest BCUT2D eigenvalue weighted by Crippen LogP contribution is -2.41. The van der Waals surface area contributed by atoms with Crippen molar-refractivity contribution in [1.82, 2.24) is 4.90 Å². The van der Waals surface area contributed by atoms with E-state index in [9.17, 15) is 14.7 Å². The molecule has 0 bridgehead atoms. The number of ether oxygens (including phenoxy) is 2. The molecule has 0 atom stereocenters. The summed E-state index contributed by atoms with van der Waals surface area (Å²) in [6.07, 6.45) is 13.5. The zero-order valence-corrected chi connectivity index (χ0v) is 25.7. The second-order valence-electron chi connectivity index (χ2n) is 10.6. The summed E-state index contributed by atoms with van der Waals surface area (Å²) in [4.78, 5) is 32.9. The van der Waals surface area contributed by atoms with Gasteiger partial charge >= 0.3 is 5.97 Å². The first kappa shape index (κ1) is 29.0. The van der Waals surface area contributed by atoms with Gasteiger partial charge in [-0.2, -0.15) is 0 Å². The van der Waals surface area contributed by atoms with Crippen molar-refractivity contribution < 1.29 is 24.2 Å². The van der Waals surface area contributed by atoms with Crippen LogP contribution in [-0.4, -0.2) is 46.2 Å². The van der Waals surface area contributed by atoms with Crippen LogP contribution in [0.25, 0.3) is 6.08 Å². The van der Waals surface area contributed by atoms with Crippen LogP contribution in [0, 0.1) is 3.57 Å². The first-order valence-corrected chi connectivity index (χ1v) is 16.0. The van der Waals surface area contributed by atoms with Gasteiger partial charge in [-0.15, -0.1) is 0 Å². The Morgan fingerprint density at radius 2 is 1.82 bits per heavy atom. The Labute approximate surface area is 253 Å². The van der Waals surface area contributed by atoms with Gasteiger partial charge in [0.15, 0.2) is 16.7 Å². The summed E-state index contributed by atoms with van der Waals surface area (Å²) in [5, 5.41) is 10.1. The van der Waals surface area contributed by atoms with Crippen molar-refractivity contribution in [1.29, 1.82) is 0 Å². The predicted octanol–water partition coefficient (Wildman–Crippen LogP) is 7.51. The molecule has 40 heavy (non-hydrogen) atoms. The first-order chi connectivity index (χ1) is 19.4. The molecule has 2 aliphatic carbocycles. The number of hydrogen-bond acceptors (Lipinski definition) is 6. The van der Waals surface area contributed by atoms with Crippen molar-refractivity contribution in [2.24, 2.45) is 4.99 Å². The van der Waals surface area contributed by atoms with Gasteiger partial charge < -0.3 is 14.6 Å². The topological polar surface area (TPSA) is 88.4 Å². The highest BCUT2D eigenvalue weighted by Gasteiger charge is 2.39. The van der Waals surface area contributed by atoms with Crippen LogP contribution < -0.4 is 9.47 Å². The van der Waals surface area contributed by atoms with Crippen LogP contribution in [-0.2, 0) is 11.4 Å². The summed E-state index contributed by atoms with van der Waals surface area (Å²) >= 11 is 3.72. The maximum Gasteiger partial charge on any atom is 0.335 e. The van der Waals surface area contributed by atoms with Gasteiger partial charge in [-0.3, -0.25) is 14.7 Å². The van der Waals surface area contributed by atoms with Crippen molar-refractivity contribution in [2.45, 2.75) is 82.9 Å². The maximum atomic E-state index is 13.8. The van der Waals surface area contributed by atoms with E-state index in [4.69, 9.17) is 14.5 Å². The standard InChI is InChI=1S/C31H35IN2O5S/c1-38-26-17-21(16-25(32)28(26)39-19-20-9-8-10-22(15-20)30(36)37)18-27-29(35)34(24-13-6-3-7-14-24)31(40-27)33-23-11-4-2-5-12-23/h8-10,15-18,23-24H,2-7,11-14,19H2,1H3,(H,36,37). The summed E-state index contributed by atoms with van der Waals surface area (Å²) in [7, 11) is 1.59. The van der Waals surface area contributed by atoms with Crippen molar-refractivity contribution >= 4 is 57.5 Å². The summed E-state index contributed by atoms with van der Waals surface area (Å²) in [6.45, 7) is 0.208. The lowest BCUT2D eigenvalue weighted by atomic mass is 9.94. The normalized spacial score (nSPS) is 20.9. The van der Waals surface area contributed by atoms with Gasteiger partial charge in [0.2, 0.25) is 0 Å². The van der Waals surface area contributed by atoms with Gasteiger partial charge in [-0.05, 0) is 102 Å². The molecule has 2 saturated carbocycles. The van der Waals surface area contributed by atoms with E-state index in [0.29, 0.717) is 22.4 Å². The summed E-state index contributed by atoms with van der Waals surface area (Å²) < 4.78 is 12.6. The lowest BCUT2D eigenvalue weighted by molar-refractivity contribution is -0.124. The van der Waals surface area contributed by atoms with Crippen molar-refractivity contribution in [3.63, 3.8) is 0 Å². The molecule has 3 aliphatic rings. The van der Waals surface area contributed by atoms with Crippen LogP contribution in [0.3, 0.4) is 0 Å². The number of carbonyl (C=O) groups is 2. The molecule has 3 fully saturated rings. The zero-order valence-electron chi connectivity index (χ0n) is 22.7. The third kappa shape index (κ3) is 6.84. The van der Waals surface area contributed by atoms with Gasteiger partial charge in [-0.1, -0.05) is 50.7 Å². The molecule has 212 valence electrons. The number of carboxylic acids is 1. The molecule has 7 nitrogen and oxygen atoms in total. The molecule has 1 N–H and O–H groups in total. The van der Waals surface area contributed by atoms with Crippen LogP contribution in [0.2, 0.25) is 0 Å². The van der Waals surface area contributed by atoms with Crippen LogP contribution in [0.5, 0.6) is 11.5 Å². The molecule has 0 aromatic heterocycles. The second-order valence-corrected chi connectivity index (χ2v) is 12.8. The van der Waals surface area contributed by atoms with E-state index >= 15 is 0 Å². The van der Waals surface area contributed by atoms with Crippen molar-refractivity contribution in [2.75, 3.05) is 7.11 Å². The quantitative estimate of drug-likeness (QED) is 0.230. The Morgan fingerprint density at radius 3 is 2.52 bits per heavy atom. The smallest absolute Gasteiger partial charge is 0.335 e.